The van der Waals surface area contributed by atoms with Gasteiger partial charge in [-0.1, -0.05) is 6.07 Å². The number of hydrogen-bond acceptors (Lipinski definition) is 3. The highest BCUT2D eigenvalue weighted by molar-refractivity contribution is 7.09. The van der Waals surface area contributed by atoms with Gasteiger partial charge in [-0.3, -0.25) is 4.79 Å². The van der Waals surface area contributed by atoms with E-state index in [1.807, 2.05) is 18.4 Å². The smallest absolute Gasteiger partial charge is 0.238 e. The normalized spacial score (nSPS) is 12.5. The van der Waals surface area contributed by atoms with E-state index in [0.717, 1.165) is 6.54 Å². The third-order valence-electron chi connectivity index (χ3n) is 1.97. The van der Waals surface area contributed by atoms with E-state index in [0.29, 0.717) is 0 Å². The Labute approximate surface area is 88.7 Å². The van der Waals surface area contributed by atoms with Crippen LogP contribution in [0.3, 0.4) is 0 Å². The summed E-state index contributed by atoms with van der Waals surface area (Å²) in [5.74, 6) is 0.113. The summed E-state index contributed by atoms with van der Waals surface area (Å²) in [6, 6.07) is 3.96. The van der Waals surface area contributed by atoms with Gasteiger partial charge in [-0.05, 0) is 18.4 Å². The van der Waals surface area contributed by atoms with Crippen LogP contribution in [-0.2, 0) is 11.3 Å². The number of rotatable bonds is 4. The molecule has 0 aliphatic rings. The van der Waals surface area contributed by atoms with Crippen LogP contribution < -0.4 is 5.32 Å². The predicted molar refractivity (Wildman–Crippen MR) is 59.3 cm³/mol. The van der Waals surface area contributed by atoms with E-state index in [2.05, 4.69) is 11.4 Å². The maximum absolute atomic E-state index is 11.5. The number of amides is 1. The fourth-order valence-electron chi connectivity index (χ4n) is 1.14. The number of carbonyl (C=O) groups is 1. The first-order chi connectivity index (χ1) is 6.61. The minimum absolute atomic E-state index is 0.113. The van der Waals surface area contributed by atoms with Gasteiger partial charge in [0.1, 0.15) is 0 Å². The zero-order valence-electron chi connectivity index (χ0n) is 8.78. The number of likely N-dealkylation sites (N-methyl/N-ethyl adjacent to an activating group) is 1. The summed E-state index contributed by atoms with van der Waals surface area (Å²) in [5.41, 5.74) is 0. The molecule has 1 amide bonds. The van der Waals surface area contributed by atoms with Gasteiger partial charge in [0, 0.05) is 25.5 Å². The van der Waals surface area contributed by atoms with E-state index < -0.39 is 0 Å². The maximum Gasteiger partial charge on any atom is 0.238 e. The summed E-state index contributed by atoms with van der Waals surface area (Å²) in [4.78, 5) is 14.3. The van der Waals surface area contributed by atoms with Gasteiger partial charge in [0.2, 0.25) is 5.91 Å². The highest BCUT2D eigenvalue weighted by Crippen LogP contribution is 2.07. The molecule has 1 N–H and O–H groups in total. The van der Waals surface area contributed by atoms with Gasteiger partial charge in [0.25, 0.3) is 0 Å². The van der Waals surface area contributed by atoms with Crippen molar-refractivity contribution in [3.8, 4) is 0 Å². The minimum atomic E-state index is -0.118. The molecule has 0 aromatic carbocycles. The van der Waals surface area contributed by atoms with Crippen molar-refractivity contribution in [3.63, 3.8) is 0 Å². The van der Waals surface area contributed by atoms with Crippen molar-refractivity contribution in [1.82, 2.24) is 10.2 Å². The van der Waals surface area contributed by atoms with Gasteiger partial charge in [-0.25, -0.2) is 0 Å². The molecular weight excluding hydrogens is 196 g/mol. The molecule has 14 heavy (non-hydrogen) atoms. The summed E-state index contributed by atoms with van der Waals surface area (Å²) in [5, 5.41) is 5.22. The molecule has 1 heterocycles. The molecule has 0 spiro atoms. The first-order valence-corrected chi connectivity index (χ1v) is 5.46. The Kier molecular flexibility index (Phi) is 4.10. The van der Waals surface area contributed by atoms with Gasteiger partial charge in [-0.15, -0.1) is 11.3 Å². The third-order valence-corrected chi connectivity index (χ3v) is 2.85. The quantitative estimate of drug-likeness (QED) is 0.816. The molecular formula is C10H16N2OS. The van der Waals surface area contributed by atoms with Crippen LogP contribution in [0.15, 0.2) is 17.5 Å². The van der Waals surface area contributed by atoms with E-state index in [4.69, 9.17) is 0 Å². The first kappa shape index (κ1) is 11.2. The fourth-order valence-corrected chi connectivity index (χ4v) is 1.80. The van der Waals surface area contributed by atoms with Crippen LogP contribution >= 0.6 is 11.3 Å². The molecule has 0 aliphatic carbocycles. The van der Waals surface area contributed by atoms with Crippen LogP contribution in [0.25, 0.3) is 0 Å². The molecule has 0 saturated carbocycles. The Morgan fingerprint density at radius 1 is 1.64 bits per heavy atom. The zero-order valence-corrected chi connectivity index (χ0v) is 9.60. The molecule has 1 rings (SSSR count). The monoisotopic (exact) mass is 212 g/mol. The average molecular weight is 212 g/mol. The lowest BCUT2D eigenvalue weighted by Gasteiger charge is -2.17. The van der Waals surface area contributed by atoms with Crippen LogP contribution in [0, 0.1) is 0 Å². The van der Waals surface area contributed by atoms with Gasteiger partial charge in [0.05, 0.1) is 6.04 Å². The molecule has 0 bridgehead atoms. The Morgan fingerprint density at radius 3 is 2.86 bits per heavy atom. The Balaban J connectivity index is 2.35. The summed E-state index contributed by atoms with van der Waals surface area (Å²) in [6.45, 7) is 2.65. The van der Waals surface area contributed by atoms with E-state index in [1.54, 1.807) is 30.3 Å². The Bertz CT molecular complexity index is 282. The number of nitrogens with one attached hydrogen (secondary N) is 1. The molecule has 78 valence electrons. The number of thiophene rings is 1. The van der Waals surface area contributed by atoms with Crippen molar-refractivity contribution >= 4 is 17.2 Å². The zero-order chi connectivity index (χ0) is 10.6. The maximum atomic E-state index is 11.5. The molecule has 0 radical (unpaired) electrons. The van der Waals surface area contributed by atoms with E-state index in [9.17, 15) is 4.79 Å². The Morgan fingerprint density at radius 2 is 2.36 bits per heavy atom. The molecule has 0 aliphatic heterocycles. The third kappa shape index (κ3) is 3.12. The van der Waals surface area contributed by atoms with Crippen molar-refractivity contribution < 1.29 is 4.79 Å². The number of nitrogens with zero attached hydrogens (tertiary/aromatic N) is 1. The SMILES string of the molecule is C[C@@H](NCc1cccs1)C(=O)N(C)C. The molecule has 1 atom stereocenters. The Hall–Kier alpha value is -0.870. The standard InChI is InChI=1S/C10H16N2OS/c1-8(10(13)12(2)3)11-7-9-5-4-6-14-9/h4-6,8,11H,7H2,1-3H3/t8-/m1/s1. The highest BCUT2D eigenvalue weighted by Gasteiger charge is 2.13. The molecule has 0 saturated heterocycles. The highest BCUT2D eigenvalue weighted by atomic mass is 32.1. The summed E-state index contributed by atoms with van der Waals surface area (Å²) in [7, 11) is 3.54. The molecule has 1 aromatic rings. The fraction of sp³-hybridized carbons (Fsp3) is 0.500. The van der Waals surface area contributed by atoms with Gasteiger partial charge in [-0.2, -0.15) is 0 Å². The van der Waals surface area contributed by atoms with E-state index in [-0.39, 0.29) is 11.9 Å². The van der Waals surface area contributed by atoms with Gasteiger partial charge < -0.3 is 10.2 Å². The lowest BCUT2D eigenvalue weighted by Crippen LogP contribution is -2.40. The largest absolute Gasteiger partial charge is 0.347 e. The van der Waals surface area contributed by atoms with E-state index >= 15 is 0 Å². The number of carbonyl (C=O) groups excluding carboxylic acids is 1. The minimum Gasteiger partial charge on any atom is -0.347 e. The predicted octanol–water partition coefficient (Wildman–Crippen LogP) is 1.31. The second kappa shape index (κ2) is 5.12. The molecule has 0 unspecified atom stereocenters. The molecule has 4 heteroatoms. The lowest BCUT2D eigenvalue weighted by molar-refractivity contribution is -0.130. The second-order valence-corrected chi connectivity index (χ2v) is 4.45. The van der Waals surface area contributed by atoms with Crippen LogP contribution in [0.5, 0.6) is 0 Å². The van der Waals surface area contributed by atoms with Gasteiger partial charge in [0.15, 0.2) is 0 Å². The van der Waals surface area contributed by atoms with Crippen molar-refractivity contribution in [1.29, 1.82) is 0 Å². The van der Waals surface area contributed by atoms with Crippen LogP contribution in [-0.4, -0.2) is 30.9 Å². The van der Waals surface area contributed by atoms with Gasteiger partial charge >= 0.3 is 0 Å². The van der Waals surface area contributed by atoms with Crippen LogP contribution in [0.4, 0.5) is 0 Å². The van der Waals surface area contributed by atoms with Crippen molar-refractivity contribution in [2.45, 2.75) is 19.5 Å². The topological polar surface area (TPSA) is 32.3 Å². The first-order valence-electron chi connectivity index (χ1n) is 4.58. The lowest BCUT2D eigenvalue weighted by atomic mass is 10.3. The summed E-state index contributed by atoms with van der Waals surface area (Å²) in [6.07, 6.45) is 0. The van der Waals surface area contributed by atoms with Crippen molar-refractivity contribution in [3.05, 3.63) is 22.4 Å². The second-order valence-electron chi connectivity index (χ2n) is 3.41. The summed E-state index contributed by atoms with van der Waals surface area (Å²) < 4.78 is 0. The average Bonchev–Trinajstić information content (AvgIpc) is 2.65. The van der Waals surface area contributed by atoms with Crippen LogP contribution in [0.1, 0.15) is 11.8 Å². The van der Waals surface area contributed by atoms with Crippen molar-refractivity contribution in [2.24, 2.45) is 0 Å². The number of hydrogen-bond donors (Lipinski definition) is 1. The molecule has 3 nitrogen and oxygen atoms in total. The molecule has 1 aromatic heterocycles. The van der Waals surface area contributed by atoms with Crippen molar-refractivity contribution in [2.75, 3.05) is 14.1 Å². The van der Waals surface area contributed by atoms with Crippen LogP contribution in [0.2, 0.25) is 0 Å². The summed E-state index contributed by atoms with van der Waals surface area (Å²) >= 11 is 1.70. The van der Waals surface area contributed by atoms with E-state index in [1.165, 1.54) is 4.88 Å². The molecule has 0 fully saturated rings.